The monoisotopic (exact) mass is 415 g/mol. The molecule has 1 amide bonds. The molecule has 0 unspecified atom stereocenters. The van der Waals surface area contributed by atoms with Gasteiger partial charge in [-0.1, -0.05) is 47.7 Å². The van der Waals surface area contributed by atoms with E-state index in [0.29, 0.717) is 26.2 Å². The molecule has 144 valence electrons. The fourth-order valence-corrected chi connectivity index (χ4v) is 4.10. The Balaban J connectivity index is 2.05. The predicted molar refractivity (Wildman–Crippen MR) is 113 cm³/mol. The number of anilines is 1. The zero-order valence-electron chi connectivity index (χ0n) is 15.4. The van der Waals surface area contributed by atoms with Gasteiger partial charge in [0.25, 0.3) is 5.91 Å². The molecule has 0 radical (unpaired) electrons. The Morgan fingerprint density at radius 3 is 2.39 bits per heavy atom. The Kier molecular flexibility index (Phi) is 5.71. The van der Waals surface area contributed by atoms with E-state index in [1.54, 1.807) is 12.1 Å². The summed E-state index contributed by atoms with van der Waals surface area (Å²) in [7, 11) is 2.79. The minimum atomic E-state index is -1.18. The lowest BCUT2D eigenvalue weighted by Crippen LogP contribution is -2.27. The quantitative estimate of drug-likeness (QED) is 0.582. The van der Waals surface area contributed by atoms with Crippen LogP contribution in [0.2, 0.25) is 0 Å². The number of benzene rings is 2. The van der Waals surface area contributed by atoms with Crippen LogP contribution in [0.1, 0.15) is 21.5 Å². The number of hydrogen-bond acceptors (Lipinski definition) is 6. The Hall–Kier alpha value is -2.84. The number of amides is 1. The van der Waals surface area contributed by atoms with Gasteiger partial charge in [-0.25, -0.2) is 4.79 Å². The number of aryl methyl sites for hydroxylation is 1. The number of carboxylic acids is 1. The first-order valence-corrected chi connectivity index (χ1v) is 9.42. The standard InChI is InChI=1S/C20H17NO5S2/c1-11-4-7-13(8-5-11)21-18(22)15(28-20(21)27)10-12-6-9-14(25-2)17(26-3)16(12)19(23)24/h4-10H,1-3H3,(H,23,24)/b15-10+. The van der Waals surface area contributed by atoms with Crippen molar-refractivity contribution >= 4 is 51.9 Å². The van der Waals surface area contributed by atoms with Crippen molar-refractivity contribution < 1.29 is 24.2 Å². The number of aromatic carboxylic acids is 1. The maximum atomic E-state index is 12.9. The van der Waals surface area contributed by atoms with Crippen molar-refractivity contribution in [3.63, 3.8) is 0 Å². The van der Waals surface area contributed by atoms with Crippen LogP contribution in [-0.4, -0.2) is 35.5 Å². The molecule has 0 saturated carbocycles. The third-order valence-electron chi connectivity index (χ3n) is 4.16. The summed E-state index contributed by atoms with van der Waals surface area (Å²) in [5, 5.41) is 9.65. The van der Waals surface area contributed by atoms with Gasteiger partial charge in [-0.05, 0) is 36.8 Å². The summed E-state index contributed by atoms with van der Waals surface area (Å²) in [5.41, 5.74) is 1.99. The second-order valence-electron chi connectivity index (χ2n) is 5.92. The van der Waals surface area contributed by atoms with Gasteiger partial charge < -0.3 is 14.6 Å². The molecule has 6 nitrogen and oxygen atoms in total. The Morgan fingerprint density at radius 2 is 1.82 bits per heavy atom. The third-order valence-corrected chi connectivity index (χ3v) is 5.47. The van der Waals surface area contributed by atoms with E-state index in [-0.39, 0.29) is 17.2 Å². The van der Waals surface area contributed by atoms with Gasteiger partial charge in [-0.15, -0.1) is 0 Å². The van der Waals surface area contributed by atoms with Crippen molar-refractivity contribution in [2.45, 2.75) is 6.92 Å². The predicted octanol–water partition coefficient (Wildman–Crippen LogP) is 4.12. The summed E-state index contributed by atoms with van der Waals surface area (Å²) in [6.07, 6.45) is 1.51. The van der Waals surface area contributed by atoms with Gasteiger partial charge in [0.1, 0.15) is 5.56 Å². The molecule has 0 spiro atoms. The molecule has 0 atom stereocenters. The second-order valence-corrected chi connectivity index (χ2v) is 7.60. The smallest absolute Gasteiger partial charge is 0.340 e. The van der Waals surface area contributed by atoms with E-state index >= 15 is 0 Å². The number of ether oxygens (including phenoxy) is 2. The van der Waals surface area contributed by atoms with E-state index in [0.717, 1.165) is 17.3 Å². The van der Waals surface area contributed by atoms with Gasteiger partial charge in [0, 0.05) is 0 Å². The Bertz CT molecular complexity index is 998. The molecule has 0 aromatic heterocycles. The SMILES string of the molecule is COc1ccc(/C=C2/SC(=S)N(c3ccc(C)cc3)C2=O)c(C(=O)O)c1OC. The molecule has 28 heavy (non-hydrogen) atoms. The van der Waals surface area contributed by atoms with Crippen LogP contribution in [0.25, 0.3) is 6.08 Å². The molecular weight excluding hydrogens is 398 g/mol. The summed E-state index contributed by atoms with van der Waals surface area (Å²) >= 11 is 6.49. The van der Waals surface area contributed by atoms with Crippen molar-refractivity contribution in [2.24, 2.45) is 0 Å². The maximum absolute atomic E-state index is 12.9. The highest BCUT2D eigenvalue weighted by atomic mass is 32.2. The molecule has 1 aliphatic rings. The zero-order valence-corrected chi connectivity index (χ0v) is 17.0. The largest absolute Gasteiger partial charge is 0.493 e. The number of carbonyl (C=O) groups is 2. The minimum absolute atomic E-state index is 0.0811. The van der Waals surface area contributed by atoms with E-state index in [9.17, 15) is 14.7 Å². The van der Waals surface area contributed by atoms with Crippen LogP contribution in [0.5, 0.6) is 11.5 Å². The van der Waals surface area contributed by atoms with Crippen molar-refractivity contribution in [3.8, 4) is 11.5 Å². The average Bonchev–Trinajstić information content (AvgIpc) is 2.95. The maximum Gasteiger partial charge on any atom is 0.340 e. The van der Waals surface area contributed by atoms with Crippen LogP contribution < -0.4 is 14.4 Å². The van der Waals surface area contributed by atoms with Crippen LogP contribution in [0, 0.1) is 6.92 Å². The lowest BCUT2D eigenvalue weighted by Gasteiger charge is -2.14. The third kappa shape index (κ3) is 3.61. The van der Waals surface area contributed by atoms with Gasteiger partial charge in [-0.2, -0.15) is 0 Å². The highest BCUT2D eigenvalue weighted by molar-refractivity contribution is 8.27. The average molecular weight is 415 g/mol. The number of carboxylic acid groups (broad SMARTS) is 1. The number of hydrogen-bond donors (Lipinski definition) is 1. The van der Waals surface area contributed by atoms with Crippen LogP contribution in [0.15, 0.2) is 41.3 Å². The number of rotatable bonds is 5. The van der Waals surface area contributed by atoms with Crippen molar-refractivity contribution in [2.75, 3.05) is 19.1 Å². The van der Waals surface area contributed by atoms with Crippen molar-refractivity contribution in [1.29, 1.82) is 0 Å². The molecule has 1 fully saturated rings. The lowest BCUT2D eigenvalue weighted by molar-refractivity contribution is -0.113. The van der Waals surface area contributed by atoms with E-state index in [1.165, 1.54) is 25.2 Å². The summed E-state index contributed by atoms with van der Waals surface area (Å²) < 4.78 is 10.8. The molecule has 1 heterocycles. The molecular formula is C20H17NO5S2. The molecule has 1 N–H and O–H groups in total. The van der Waals surface area contributed by atoms with E-state index < -0.39 is 5.97 Å². The molecule has 0 bridgehead atoms. The summed E-state index contributed by atoms with van der Waals surface area (Å²) in [6.45, 7) is 1.96. The van der Waals surface area contributed by atoms with Crippen LogP contribution in [-0.2, 0) is 4.79 Å². The first-order chi connectivity index (χ1) is 13.4. The second kappa shape index (κ2) is 8.04. The Labute approximate surface area is 171 Å². The first-order valence-electron chi connectivity index (χ1n) is 8.20. The number of carbonyl (C=O) groups excluding carboxylic acids is 1. The molecule has 1 aliphatic heterocycles. The number of nitrogens with zero attached hydrogens (tertiary/aromatic N) is 1. The molecule has 2 aromatic carbocycles. The lowest BCUT2D eigenvalue weighted by atomic mass is 10.0. The minimum Gasteiger partial charge on any atom is -0.493 e. The van der Waals surface area contributed by atoms with Gasteiger partial charge in [0.05, 0.1) is 24.8 Å². The van der Waals surface area contributed by atoms with Gasteiger partial charge >= 0.3 is 5.97 Å². The van der Waals surface area contributed by atoms with E-state index in [1.807, 2.05) is 31.2 Å². The normalized spacial score (nSPS) is 15.2. The fraction of sp³-hybridized carbons (Fsp3) is 0.150. The molecule has 3 rings (SSSR count). The van der Waals surface area contributed by atoms with Gasteiger partial charge in [0.2, 0.25) is 0 Å². The highest BCUT2D eigenvalue weighted by Gasteiger charge is 2.34. The van der Waals surface area contributed by atoms with E-state index in [4.69, 9.17) is 21.7 Å². The highest BCUT2D eigenvalue weighted by Crippen LogP contribution is 2.39. The number of methoxy groups -OCH3 is 2. The number of thiocarbonyl (C=S) groups is 1. The van der Waals surface area contributed by atoms with Crippen molar-refractivity contribution in [1.82, 2.24) is 0 Å². The van der Waals surface area contributed by atoms with Gasteiger partial charge in [-0.3, -0.25) is 9.69 Å². The molecule has 1 saturated heterocycles. The van der Waals surface area contributed by atoms with Crippen LogP contribution >= 0.6 is 24.0 Å². The Morgan fingerprint density at radius 1 is 1.14 bits per heavy atom. The summed E-state index contributed by atoms with van der Waals surface area (Å²) in [5.74, 6) is -1.09. The first kappa shape index (κ1) is 19.9. The molecule has 2 aromatic rings. The van der Waals surface area contributed by atoms with Crippen molar-refractivity contribution in [3.05, 3.63) is 58.0 Å². The molecule has 8 heteroatoms. The summed E-state index contributed by atoms with van der Waals surface area (Å²) in [4.78, 5) is 26.5. The van der Waals surface area contributed by atoms with E-state index in [2.05, 4.69) is 0 Å². The zero-order chi connectivity index (χ0) is 20.4. The fourth-order valence-electron chi connectivity index (χ4n) is 2.81. The topological polar surface area (TPSA) is 76.1 Å². The molecule has 0 aliphatic carbocycles. The van der Waals surface area contributed by atoms with Crippen LogP contribution in [0.4, 0.5) is 5.69 Å². The number of thioether (sulfide) groups is 1. The summed E-state index contributed by atoms with van der Waals surface area (Å²) in [6, 6.07) is 10.6. The van der Waals surface area contributed by atoms with Gasteiger partial charge in [0.15, 0.2) is 15.8 Å². The van der Waals surface area contributed by atoms with Crippen LogP contribution in [0.3, 0.4) is 0 Å².